The first-order chi connectivity index (χ1) is 14.9. The maximum Gasteiger partial charge on any atom is 0.316 e. The molecule has 0 atom stereocenters. The molecule has 0 saturated carbocycles. The lowest BCUT2D eigenvalue weighted by Gasteiger charge is -2.26. The number of rotatable bonds is 6. The standard InChI is InChI=1S/C25H32N4O2/c1-25(2,3)24(30)31-20-10-8-19(9-11-20)23-26-21-12-17-29(18-22(21)27-23)16-7-15-28-13-5-4-6-14-28/h8-12,17-18H,4-7,13-16H2,1-3H3. The summed E-state index contributed by atoms with van der Waals surface area (Å²) < 4.78 is 7.65. The Balaban J connectivity index is 1.39. The molecular weight excluding hydrogens is 388 g/mol. The molecule has 6 nitrogen and oxygen atoms in total. The van der Waals surface area contributed by atoms with Crippen molar-refractivity contribution in [1.82, 2.24) is 19.4 Å². The van der Waals surface area contributed by atoms with Crippen molar-refractivity contribution in [2.45, 2.75) is 53.0 Å². The molecular formula is C25H32N4O2. The number of fused-ring (bicyclic) bond motifs is 1. The van der Waals surface area contributed by atoms with Crippen LogP contribution >= 0.6 is 0 Å². The molecule has 1 fully saturated rings. The second kappa shape index (κ2) is 9.18. The van der Waals surface area contributed by atoms with Gasteiger partial charge in [0.2, 0.25) is 0 Å². The van der Waals surface area contributed by atoms with E-state index in [2.05, 4.69) is 26.8 Å². The highest BCUT2D eigenvalue weighted by atomic mass is 16.5. The van der Waals surface area contributed by atoms with Crippen molar-refractivity contribution in [2.75, 3.05) is 19.6 Å². The van der Waals surface area contributed by atoms with Crippen LogP contribution in [0.2, 0.25) is 0 Å². The molecule has 0 radical (unpaired) electrons. The summed E-state index contributed by atoms with van der Waals surface area (Å²) in [5.41, 5.74) is 2.17. The maximum atomic E-state index is 12.1. The molecule has 0 spiro atoms. The number of hydrogen-bond acceptors (Lipinski definition) is 5. The number of aryl methyl sites for hydroxylation is 1. The normalized spacial score (nSPS) is 15.3. The van der Waals surface area contributed by atoms with Gasteiger partial charge < -0.3 is 14.2 Å². The predicted molar refractivity (Wildman–Crippen MR) is 122 cm³/mol. The molecule has 0 aliphatic carbocycles. The number of carbonyl (C=O) groups excluding carboxylic acids is 1. The molecule has 3 aliphatic rings. The van der Waals surface area contributed by atoms with Crippen LogP contribution in [0.15, 0.2) is 42.7 Å². The van der Waals surface area contributed by atoms with Gasteiger partial charge in [0.1, 0.15) is 11.4 Å². The molecule has 0 bridgehead atoms. The van der Waals surface area contributed by atoms with Crippen LogP contribution in [0.3, 0.4) is 0 Å². The van der Waals surface area contributed by atoms with Gasteiger partial charge in [0.15, 0.2) is 5.82 Å². The van der Waals surface area contributed by atoms with Gasteiger partial charge in [-0.25, -0.2) is 9.97 Å². The first-order valence-electron chi connectivity index (χ1n) is 11.3. The molecule has 1 aromatic carbocycles. The van der Waals surface area contributed by atoms with Gasteiger partial charge in [0, 0.05) is 24.5 Å². The minimum Gasteiger partial charge on any atom is -0.426 e. The van der Waals surface area contributed by atoms with E-state index in [-0.39, 0.29) is 5.97 Å². The number of carbonyl (C=O) groups is 1. The number of benzene rings is 1. The van der Waals surface area contributed by atoms with Crippen LogP contribution in [0.1, 0.15) is 46.5 Å². The highest BCUT2D eigenvalue weighted by molar-refractivity contribution is 5.78. The van der Waals surface area contributed by atoms with Gasteiger partial charge in [0.25, 0.3) is 0 Å². The SMILES string of the molecule is CC(C)(C)C(=O)Oc1ccc(-c2nc3ccn(CCCN4CCCCC4)cc-3n2)cc1. The Hall–Kier alpha value is -2.73. The number of likely N-dealkylation sites (tertiary alicyclic amines) is 1. The fraction of sp³-hybridized carbons (Fsp3) is 0.480. The van der Waals surface area contributed by atoms with Crippen molar-refractivity contribution in [3.05, 3.63) is 42.7 Å². The number of hydrogen-bond donors (Lipinski definition) is 0. The van der Waals surface area contributed by atoms with Gasteiger partial charge in [-0.2, -0.15) is 0 Å². The van der Waals surface area contributed by atoms with Crippen molar-refractivity contribution in [3.63, 3.8) is 0 Å². The first-order valence-corrected chi connectivity index (χ1v) is 11.3. The second-order valence-electron chi connectivity index (χ2n) is 9.42. The molecule has 4 rings (SSSR count). The summed E-state index contributed by atoms with van der Waals surface area (Å²) in [6.07, 6.45) is 9.38. The molecule has 0 N–H and O–H groups in total. The Morgan fingerprint density at radius 3 is 2.39 bits per heavy atom. The monoisotopic (exact) mass is 420 g/mol. The molecule has 0 unspecified atom stereocenters. The lowest BCUT2D eigenvalue weighted by atomic mass is 9.97. The summed E-state index contributed by atoms with van der Waals surface area (Å²) in [5, 5.41) is 0. The molecule has 164 valence electrons. The van der Waals surface area contributed by atoms with Crippen LogP contribution in [-0.4, -0.2) is 45.0 Å². The second-order valence-corrected chi connectivity index (χ2v) is 9.42. The minimum atomic E-state index is -0.533. The lowest BCUT2D eigenvalue weighted by Crippen LogP contribution is -2.31. The highest BCUT2D eigenvalue weighted by Gasteiger charge is 2.23. The van der Waals surface area contributed by atoms with E-state index in [1.54, 1.807) is 12.1 Å². The Morgan fingerprint density at radius 1 is 0.968 bits per heavy atom. The molecule has 3 heterocycles. The third-order valence-corrected chi connectivity index (χ3v) is 5.70. The Labute approximate surface area is 184 Å². The first kappa shape index (κ1) is 21.5. The smallest absolute Gasteiger partial charge is 0.316 e. The zero-order chi connectivity index (χ0) is 21.8. The lowest BCUT2D eigenvalue weighted by molar-refractivity contribution is -0.142. The van der Waals surface area contributed by atoms with Crippen molar-refractivity contribution >= 4 is 5.97 Å². The van der Waals surface area contributed by atoms with Crippen molar-refractivity contribution in [3.8, 4) is 28.5 Å². The van der Waals surface area contributed by atoms with Crippen LogP contribution in [0.25, 0.3) is 22.8 Å². The molecule has 3 aliphatic heterocycles. The third kappa shape index (κ3) is 5.50. The van der Waals surface area contributed by atoms with E-state index >= 15 is 0 Å². The van der Waals surface area contributed by atoms with Crippen LogP contribution in [0.5, 0.6) is 5.75 Å². The third-order valence-electron chi connectivity index (χ3n) is 5.70. The summed E-state index contributed by atoms with van der Waals surface area (Å²) in [7, 11) is 0. The van der Waals surface area contributed by atoms with Gasteiger partial charge >= 0.3 is 5.97 Å². The number of piperidine rings is 1. The summed E-state index contributed by atoms with van der Waals surface area (Å²) in [6, 6.07) is 9.41. The Morgan fingerprint density at radius 2 is 1.68 bits per heavy atom. The largest absolute Gasteiger partial charge is 0.426 e. The summed E-state index contributed by atoms with van der Waals surface area (Å²) in [6.45, 7) is 10.2. The van der Waals surface area contributed by atoms with Gasteiger partial charge in [-0.05, 0) is 90.0 Å². The van der Waals surface area contributed by atoms with E-state index in [9.17, 15) is 4.79 Å². The van der Waals surface area contributed by atoms with Crippen LogP contribution in [0.4, 0.5) is 0 Å². The highest BCUT2D eigenvalue weighted by Crippen LogP contribution is 2.27. The number of aromatic nitrogens is 3. The number of ether oxygens (including phenoxy) is 1. The van der Waals surface area contributed by atoms with Gasteiger partial charge in [0.05, 0.1) is 11.1 Å². The van der Waals surface area contributed by atoms with Crippen LogP contribution < -0.4 is 4.74 Å². The molecule has 31 heavy (non-hydrogen) atoms. The van der Waals surface area contributed by atoms with E-state index in [1.807, 2.05) is 39.0 Å². The van der Waals surface area contributed by atoms with Gasteiger partial charge in [-0.3, -0.25) is 4.79 Å². The van der Waals surface area contributed by atoms with E-state index in [0.29, 0.717) is 11.6 Å². The van der Waals surface area contributed by atoms with Crippen molar-refractivity contribution < 1.29 is 9.53 Å². The maximum absolute atomic E-state index is 12.1. The zero-order valence-electron chi connectivity index (χ0n) is 18.8. The van der Waals surface area contributed by atoms with Crippen molar-refractivity contribution in [2.24, 2.45) is 5.41 Å². The number of esters is 1. The molecule has 1 saturated heterocycles. The zero-order valence-corrected chi connectivity index (χ0v) is 18.8. The van der Waals surface area contributed by atoms with E-state index in [1.165, 1.54) is 32.4 Å². The Kier molecular flexibility index (Phi) is 6.37. The molecule has 6 heteroatoms. The number of imidazole rings is 1. The van der Waals surface area contributed by atoms with E-state index in [0.717, 1.165) is 36.5 Å². The molecule has 0 aromatic heterocycles. The van der Waals surface area contributed by atoms with Gasteiger partial charge in [-0.1, -0.05) is 6.42 Å². The summed E-state index contributed by atoms with van der Waals surface area (Å²) in [4.78, 5) is 24.0. The fourth-order valence-corrected chi connectivity index (χ4v) is 3.81. The van der Waals surface area contributed by atoms with E-state index < -0.39 is 5.41 Å². The van der Waals surface area contributed by atoms with Gasteiger partial charge in [-0.15, -0.1) is 0 Å². The number of pyridine rings is 1. The number of nitrogens with zero attached hydrogens (tertiary/aromatic N) is 4. The summed E-state index contributed by atoms with van der Waals surface area (Å²) in [5.74, 6) is 0.974. The van der Waals surface area contributed by atoms with Crippen LogP contribution in [0, 0.1) is 5.41 Å². The predicted octanol–water partition coefficient (Wildman–Crippen LogP) is 4.88. The van der Waals surface area contributed by atoms with Crippen LogP contribution in [-0.2, 0) is 11.3 Å². The quantitative estimate of drug-likeness (QED) is 0.420. The fourth-order valence-electron chi connectivity index (χ4n) is 3.81. The van der Waals surface area contributed by atoms with Crippen molar-refractivity contribution in [1.29, 1.82) is 0 Å². The Bertz CT molecular complexity index is 982. The average Bonchev–Trinajstić information content (AvgIpc) is 3.18. The van der Waals surface area contributed by atoms with E-state index in [4.69, 9.17) is 9.72 Å². The minimum absolute atomic E-state index is 0.250. The summed E-state index contributed by atoms with van der Waals surface area (Å²) >= 11 is 0. The molecule has 0 amide bonds. The molecule has 1 aromatic rings. The average molecular weight is 421 g/mol. The topological polar surface area (TPSA) is 60.2 Å².